The Labute approximate surface area is 242 Å². The van der Waals surface area contributed by atoms with Gasteiger partial charge in [-0.15, -0.1) is 0 Å². The maximum Gasteiger partial charge on any atom is 0.326 e. The largest absolute Gasteiger partial charge is 0.481 e. The number of rotatable bonds is 18. The third-order valence-electron chi connectivity index (χ3n) is 6.54. The number of hydrogen-bond acceptors (Lipinski definition) is 8. The summed E-state index contributed by atoms with van der Waals surface area (Å²) in [5.74, 6) is -5.06. The molecule has 0 saturated carbocycles. The summed E-state index contributed by atoms with van der Waals surface area (Å²) in [7, 11) is 0. The van der Waals surface area contributed by atoms with E-state index in [0.717, 1.165) is 19.3 Å². The highest BCUT2D eigenvalue weighted by molar-refractivity contribution is 5.97. The Morgan fingerprint density at radius 3 is 2.21 bits per heavy atom. The van der Waals surface area contributed by atoms with Gasteiger partial charge < -0.3 is 30.6 Å². The van der Waals surface area contributed by atoms with Gasteiger partial charge in [0.2, 0.25) is 12.3 Å². The van der Waals surface area contributed by atoms with Crippen molar-refractivity contribution in [3.63, 3.8) is 0 Å². The van der Waals surface area contributed by atoms with Gasteiger partial charge in [0.25, 0.3) is 11.8 Å². The van der Waals surface area contributed by atoms with Crippen LogP contribution in [-0.4, -0.2) is 75.3 Å². The van der Waals surface area contributed by atoms with Crippen molar-refractivity contribution in [2.24, 2.45) is 5.92 Å². The topological polar surface area (TPSA) is 216 Å². The van der Waals surface area contributed by atoms with Crippen LogP contribution in [-0.2, 0) is 19.2 Å². The number of carboxylic acids is 2. The van der Waals surface area contributed by atoms with Crippen LogP contribution in [0.2, 0.25) is 0 Å². The number of hydrogen-bond donors (Lipinski definition) is 6. The molecule has 3 atom stereocenters. The Bertz CT molecular complexity index is 1240. The summed E-state index contributed by atoms with van der Waals surface area (Å²) >= 11 is 0. The molecule has 0 aliphatic carbocycles. The van der Waals surface area contributed by atoms with Gasteiger partial charge in [0, 0.05) is 11.1 Å². The average molecular weight is 589 g/mol. The molecule has 1 aromatic heterocycles. The predicted molar refractivity (Wildman–Crippen MR) is 147 cm³/mol. The highest BCUT2D eigenvalue weighted by Gasteiger charge is 2.30. The maximum atomic E-state index is 12.9. The Kier molecular flexibility index (Phi) is 13.2. The lowest BCUT2D eigenvalue weighted by Gasteiger charge is -2.29. The van der Waals surface area contributed by atoms with E-state index in [4.69, 9.17) is 14.6 Å². The normalized spacial score (nSPS) is 12.8. The molecular formula is C28H36N4O10. The van der Waals surface area contributed by atoms with Crippen LogP contribution in [0, 0.1) is 5.92 Å². The highest BCUT2D eigenvalue weighted by Crippen LogP contribution is 2.23. The predicted octanol–water partition coefficient (Wildman–Crippen LogP) is 2.23. The highest BCUT2D eigenvalue weighted by atomic mass is 16.5. The summed E-state index contributed by atoms with van der Waals surface area (Å²) < 4.78 is 5.60. The number of benzene rings is 1. The van der Waals surface area contributed by atoms with Crippen LogP contribution in [0.25, 0.3) is 11.3 Å². The molecule has 0 radical (unpaired) electrons. The zero-order chi connectivity index (χ0) is 31.2. The molecule has 14 nitrogen and oxygen atoms in total. The van der Waals surface area contributed by atoms with E-state index in [1.807, 2.05) is 6.92 Å². The number of furan rings is 1. The van der Waals surface area contributed by atoms with Crippen LogP contribution in [0.3, 0.4) is 0 Å². The molecule has 1 heterocycles. The number of carbonyl (C=O) groups is 6. The van der Waals surface area contributed by atoms with E-state index < -0.39 is 54.1 Å². The van der Waals surface area contributed by atoms with Crippen molar-refractivity contribution in [2.75, 3.05) is 6.67 Å². The van der Waals surface area contributed by atoms with E-state index in [1.165, 1.54) is 36.4 Å². The number of nitrogens with one attached hydrogen (secondary N) is 3. The monoisotopic (exact) mass is 588 g/mol. The fraction of sp³-hybridized carbons (Fsp3) is 0.429. The van der Waals surface area contributed by atoms with E-state index in [9.17, 15) is 34.0 Å². The van der Waals surface area contributed by atoms with Gasteiger partial charge in [0.05, 0.1) is 25.0 Å². The number of nitrogens with zero attached hydrogens (tertiary/aromatic N) is 1. The second-order valence-electron chi connectivity index (χ2n) is 9.49. The minimum absolute atomic E-state index is 0.0487. The van der Waals surface area contributed by atoms with Gasteiger partial charge >= 0.3 is 11.9 Å². The Hall–Kier alpha value is -4.72. The molecular weight excluding hydrogens is 552 g/mol. The lowest BCUT2D eigenvalue weighted by atomic mass is 9.90. The zero-order valence-corrected chi connectivity index (χ0v) is 23.4. The second-order valence-corrected chi connectivity index (χ2v) is 9.49. The van der Waals surface area contributed by atoms with Crippen molar-refractivity contribution >= 4 is 36.1 Å². The van der Waals surface area contributed by atoms with E-state index in [-0.39, 0.29) is 24.4 Å². The van der Waals surface area contributed by atoms with Crippen molar-refractivity contribution in [3.05, 3.63) is 47.7 Å². The van der Waals surface area contributed by atoms with Crippen LogP contribution in [0.4, 0.5) is 0 Å². The second kappa shape index (κ2) is 16.5. The molecule has 2 rings (SSSR count). The molecule has 228 valence electrons. The molecule has 0 aliphatic rings. The number of carboxylic acid groups (broad SMARTS) is 2. The number of unbranched alkanes of at least 4 members (excludes halogenated alkanes) is 2. The maximum absolute atomic E-state index is 12.9. The Morgan fingerprint density at radius 1 is 0.952 bits per heavy atom. The van der Waals surface area contributed by atoms with E-state index >= 15 is 0 Å². The van der Waals surface area contributed by atoms with Gasteiger partial charge in [0.15, 0.2) is 5.76 Å². The molecule has 1 aromatic carbocycles. The lowest BCUT2D eigenvalue weighted by molar-refractivity contribution is -0.168. The first-order valence-electron chi connectivity index (χ1n) is 13.5. The number of aliphatic carboxylic acids is 2. The van der Waals surface area contributed by atoms with E-state index in [2.05, 4.69) is 16.0 Å². The van der Waals surface area contributed by atoms with Gasteiger partial charge in [0.1, 0.15) is 11.8 Å². The Morgan fingerprint density at radius 2 is 1.64 bits per heavy atom. The average Bonchev–Trinajstić information content (AvgIpc) is 3.46. The van der Waals surface area contributed by atoms with Gasteiger partial charge in [-0.25, -0.2) is 9.86 Å². The van der Waals surface area contributed by atoms with Gasteiger partial charge in [-0.05, 0) is 37.1 Å². The van der Waals surface area contributed by atoms with Gasteiger partial charge in [-0.3, -0.25) is 29.2 Å². The molecule has 4 amide bonds. The fourth-order valence-corrected chi connectivity index (χ4v) is 4.29. The van der Waals surface area contributed by atoms with E-state index in [0.29, 0.717) is 29.2 Å². The quantitative estimate of drug-likeness (QED) is 0.0491. The molecule has 0 aliphatic heterocycles. The van der Waals surface area contributed by atoms with Gasteiger partial charge in [-0.2, -0.15) is 0 Å². The summed E-state index contributed by atoms with van der Waals surface area (Å²) in [6.45, 7) is 3.56. The first-order valence-corrected chi connectivity index (χ1v) is 13.5. The minimum Gasteiger partial charge on any atom is -0.481 e. The molecule has 6 N–H and O–H groups in total. The van der Waals surface area contributed by atoms with Crippen molar-refractivity contribution in [1.29, 1.82) is 0 Å². The summed E-state index contributed by atoms with van der Waals surface area (Å²) in [6.07, 6.45) is 2.87. The molecule has 42 heavy (non-hydrogen) atoms. The van der Waals surface area contributed by atoms with Gasteiger partial charge in [-0.1, -0.05) is 45.2 Å². The van der Waals surface area contributed by atoms with Crippen molar-refractivity contribution in [2.45, 2.75) is 64.5 Å². The summed E-state index contributed by atoms with van der Waals surface area (Å²) in [5, 5.41) is 35.6. The van der Waals surface area contributed by atoms with E-state index in [1.54, 1.807) is 6.92 Å². The summed E-state index contributed by atoms with van der Waals surface area (Å²) in [4.78, 5) is 70.9. The van der Waals surface area contributed by atoms with Crippen LogP contribution >= 0.6 is 0 Å². The molecule has 0 saturated heterocycles. The smallest absolute Gasteiger partial charge is 0.326 e. The molecule has 0 spiro atoms. The number of carbonyl (C=O) groups excluding carboxylic acids is 4. The third kappa shape index (κ3) is 9.73. The van der Waals surface area contributed by atoms with Crippen molar-refractivity contribution in [1.82, 2.24) is 21.0 Å². The zero-order valence-electron chi connectivity index (χ0n) is 23.4. The molecule has 2 unspecified atom stereocenters. The summed E-state index contributed by atoms with van der Waals surface area (Å²) in [5.41, 5.74) is 0.593. The molecule has 2 aromatic rings. The Balaban J connectivity index is 1.98. The SMILES string of the molecule is CCCCCC(C(=O)NCNC(=O)c1ccc(-c2ccc(C(=O)NC(CC(=O)O)C(=O)O)cc2)o1)[C@@H](CC)N(O)C=O. The third-order valence-corrected chi connectivity index (χ3v) is 6.54. The number of hydroxylamine groups is 2. The van der Waals surface area contributed by atoms with Crippen molar-refractivity contribution < 1.29 is 48.6 Å². The van der Waals surface area contributed by atoms with Crippen LogP contribution in [0.15, 0.2) is 40.8 Å². The lowest BCUT2D eigenvalue weighted by Crippen LogP contribution is -2.47. The van der Waals surface area contributed by atoms with Crippen LogP contribution in [0.1, 0.15) is 73.3 Å². The summed E-state index contributed by atoms with van der Waals surface area (Å²) in [6, 6.07) is 6.45. The molecule has 0 fully saturated rings. The number of amides is 4. The first kappa shape index (κ1) is 33.5. The van der Waals surface area contributed by atoms with Crippen molar-refractivity contribution in [3.8, 4) is 11.3 Å². The molecule has 0 bridgehead atoms. The minimum atomic E-state index is -1.59. The van der Waals surface area contributed by atoms with Crippen LogP contribution in [0.5, 0.6) is 0 Å². The fourth-order valence-electron chi connectivity index (χ4n) is 4.29. The standard InChI is InChI=1S/C28H36N4O10/c1-3-5-6-7-19(21(4-2)32(41)16-33)26(37)29-15-30-27(38)23-13-12-22(42-23)17-8-10-18(11-9-17)25(36)31-20(28(39)40)14-24(34)35/h8-13,16,19-21,41H,3-7,14-15H2,1-2H3,(H,29,37)(H,30,38)(H,31,36)(H,34,35)(H,39,40)/t19?,20?,21-/m1/s1. The molecule has 14 heteroatoms. The van der Waals surface area contributed by atoms with Crippen LogP contribution < -0.4 is 16.0 Å². The first-order chi connectivity index (χ1) is 20.0.